The van der Waals surface area contributed by atoms with Gasteiger partial charge in [-0.3, -0.25) is 4.79 Å². The minimum Gasteiger partial charge on any atom is -0.482 e. The lowest BCUT2D eigenvalue weighted by Gasteiger charge is -2.18. The Morgan fingerprint density at radius 3 is 3.00 bits per heavy atom. The van der Waals surface area contributed by atoms with E-state index in [9.17, 15) is 13.2 Å². The highest BCUT2D eigenvalue weighted by molar-refractivity contribution is 7.89. The van der Waals surface area contributed by atoms with Crippen LogP contribution in [0, 0.1) is 0 Å². The number of aromatic nitrogens is 4. The molecule has 2 aromatic rings. The van der Waals surface area contributed by atoms with E-state index in [0.29, 0.717) is 11.4 Å². The van der Waals surface area contributed by atoms with Crippen LogP contribution in [0.2, 0.25) is 0 Å². The van der Waals surface area contributed by atoms with Gasteiger partial charge in [0.15, 0.2) is 12.4 Å². The number of carbonyl (C=O) groups is 1. The predicted molar refractivity (Wildman–Crippen MR) is 68.8 cm³/mol. The number of rotatable bonds is 4. The van der Waals surface area contributed by atoms with Crippen molar-refractivity contribution in [2.75, 3.05) is 11.9 Å². The van der Waals surface area contributed by atoms with Crippen LogP contribution in [0.3, 0.4) is 0 Å². The van der Waals surface area contributed by atoms with Crippen LogP contribution < -0.4 is 14.8 Å². The number of nitrogens with zero attached hydrogens (tertiary/aromatic N) is 3. The fraction of sp³-hybridized carbons (Fsp3) is 0.200. The van der Waals surface area contributed by atoms with Crippen LogP contribution in [-0.2, 0) is 21.4 Å². The second-order valence-electron chi connectivity index (χ2n) is 4.15. The van der Waals surface area contributed by atoms with E-state index in [-0.39, 0.29) is 29.8 Å². The van der Waals surface area contributed by atoms with Crippen molar-refractivity contribution in [1.82, 2.24) is 25.3 Å². The van der Waals surface area contributed by atoms with Crippen LogP contribution in [0.1, 0.15) is 5.82 Å². The predicted octanol–water partition coefficient (Wildman–Crippen LogP) is -0.991. The van der Waals surface area contributed by atoms with Gasteiger partial charge in [-0.05, 0) is 18.2 Å². The van der Waals surface area contributed by atoms with Crippen LogP contribution >= 0.6 is 0 Å². The molecule has 0 atom stereocenters. The van der Waals surface area contributed by atoms with Crippen LogP contribution in [-0.4, -0.2) is 41.6 Å². The second-order valence-corrected chi connectivity index (χ2v) is 5.91. The van der Waals surface area contributed by atoms with E-state index >= 15 is 0 Å². The number of anilines is 1. The van der Waals surface area contributed by atoms with Crippen molar-refractivity contribution in [2.45, 2.75) is 11.4 Å². The molecule has 3 rings (SSSR count). The molecule has 0 spiro atoms. The zero-order chi connectivity index (χ0) is 14.9. The van der Waals surface area contributed by atoms with E-state index in [1.54, 1.807) is 0 Å². The number of amides is 1. The molecule has 0 unspecified atom stereocenters. The Kier molecular flexibility index (Phi) is 3.27. The number of tetrazole rings is 1. The molecule has 0 aliphatic carbocycles. The molecule has 0 radical (unpaired) electrons. The smallest absolute Gasteiger partial charge is 0.262 e. The Labute approximate surface area is 118 Å². The summed E-state index contributed by atoms with van der Waals surface area (Å²) < 4.78 is 31.8. The topological polar surface area (TPSA) is 139 Å². The molecule has 1 aromatic heterocycles. The minimum atomic E-state index is -3.77. The molecule has 21 heavy (non-hydrogen) atoms. The van der Waals surface area contributed by atoms with Crippen molar-refractivity contribution >= 4 is 21.6 Å². The maximum Gasteiger partial charge on any atom is 0.262 e. The van der Waals surface area contributed by atoms with E-state index in [1.165, 1.54) is 18.2 Å². The Morgan fingerprint density at radius 1 is 1.38 bits per heavy atom. The highest BCUT2D eigenvalue weighted by Crippen LogP contribution is 2.29. The number of sulfonamides is 1. The summed E-state index contributed by atoms with van der Waals surface area (Å²) in [5.74, 6) is 0.302. The number of hydrogen-bond donors (Lipinski definition) is 3. The lowest BCUT2D eigenvalue weighted by atomic mass is 10.2. The van der Waals surface area contributed by atoms with Gasteiger partial charge in [0.2, 0.25) is 10.0 Å². The first kappa shape index (κ1) is 13.5. The van der Waals surface area contributed by atoms with Gasteiger partial charge in [-0.2, -0.15) is 5.21 Å². The van der Waals surface area contributed by atoms with Gasteiger partial charge >= 0.3 is 0 Å². The highest BCUT2D eigenvalue weighted by Gasteiger charge is 2.21. The first-order chi connectivity index (χ1) is 10.0. The number of nitrogens with one attached hydrogen (secondary N) is 3. The van der Waals surface area contributed by atoms with Crippen LogP contribution in [0.4, 0.5) is 5.69 Å². The summed E-state index contributed by atoms with van der Waals surface area (Å²) in [6.07, 6.45) is 0. The third-order valence-electron chi connectivity index (χ3n) is 2.70. The largest absolute Gasteiger partial charge is 0.482 e. The average Bonchev–Trinajstić information content (AvgIpc) is 2.98. The first-order valence-electron chi connectivity index (χ1n) is 5.83. The van der Waals surface area contributed by atoms with Crippen LogP contribution in [0.25, 0.3) is 0 Å². The van der Waals surface area contributed by atoms with Gasteiger partial charge in [0.05, 0.1) is 17.1 Å². The summed E-state index contributed by atoms with van der Waals surface area (Å²) >= 11 is 0. The maximum atomic E-state index is 12.1. The molecule has 10 nitrogen and oxygen atoms in total. The summed E-state index contributed by atoms with van der Waals surface area (Å²) in [5.41, 5.74) is 0.314. The molecule has 0 saturated heterocycles. The first-order valence-corrected chi connectivity index (χ1v) is 7.31. The lowest BCUT2D eigenvalue weighted by molar-refractivity contribution is -0.118. The van der Waals surface area contributed by atoms with Crippen molar-refractivity contribution in [1.29, 1.82) is 0 Å². The monoisotopic (exact) mass is 310 g/mol. The van der Waals surface area contributed by atoms with E-state index in [2.05, 4.69) is 30.7 Å². The van der Waals surface area contributed by atoms with Gasteiger partial charge in [-0.15, -0.1) is 10.2 Å². The minimum absolute atomic E-state index is 0.00413. The Balaban J connectivity index is 1.82. The quantitative estimate of drug-likeness (QED) is 0.658. The number of benzene rings is 1. The SMILES string of the molecule is O=C1COc2ccc(S(=O)(=O)NCc3nn[nH]n3)cc2N1. The number of fused-ring (bicyclic) bond motifs is 1. The molecule has 110 valence electrons. The average molecular weight is 310 g/mol. The molecule has 1 aliphatic rings. The zero-order valence-corrected chi connectivity index (χ0v) is 11.3. The summed E-state index contributed by atoms with van der Waals surface area (Å²) in [6.45, 7) is -0.187. The summed E-state index contributed by atoms with van der Waals surface area (Å²) in [7, 11) is -3.77. The third kappa shape index (κ3) is 2.83. The number of ether oxygens (including phenoxy) is 1. The number of hydrogen-bond acceptors (Lipinski definition) is 7. The van der Waals surface area contributed by atoms with Crippen molar-refractivity contribution in [3.05, 3.63) is 24.0 Å². The molecule has 2 heterocycles. The molecule has 11 heteroatoms. The zero-order valence-electron chi connectivity index (χ0n) is 10.5. The summed E-state index contributed by atoms with van der Waals surface area (Å²) in [6, 6.07) is 4.19. The lowest BCUT2D eigenvalue weighted by Crippen LogP contribution is -2.27. The molecule has 3 N–H and O–H groups in total. The number of carbonyl (C=O) groups excluding carboxylic acids is 1. The fourth-order valence-electron chi connectivity index (χ4n) is 1.73. The van der Waals surface area contributed by atoms with E-state index < -0.39 is 10.0 Å². The summed E-state index contributed by atoms with van der Waals surface area (Å²) in [5, 5.41) is 15.4. The standard InChI is InChI=1S/C10H10N6O4S/c17-10-5-20-8-2-1-6(3-7(8)12-10)21(18,19)11-4-9-13-15-16-14-9/h1-3,11H,4-5H2,(H,12,17)(H,13,14,15,16). The Morgan fingerprint density at radius 2 is 2.24 bits per heavy atom. The molecule has 1 aliphatic heterocycles. The maximum absolute atomic E-state index is 12.1. The Hall–Kier alpha value is -2.53. The van der Waals surface area contributed by atoms with E-state index in [0.717, 1.165) is 0 Å². The third-order valence-corrected chi connectivity index (χ3v) is 4.10. The van der Waals surface area contributed by atoms with Crippen molar-refractivity contribution < 1.29 is 17.9 Å². The normalized spacial score (nSPS) is 14.2. The second kappa shape index (κ2) is 5.10. The molecular formula is C10H10N6O4S. The molecule has 0 fully saturated rings. The van der Waals surface area contributed by atoms with Gasteiger partial charge in [0, 0.05) is 0 Å². The van der Waals surface area contributed by atoms with E-state index in [1.807, 2.05) is 0 Å². The van der Waals surface area contributed by atoms with Gasteiger partial charge in [0.25, 0.3) is 5.91 Å². The van der Waals surface area contributed by atoms with Gasteiger partial charge in [-0.25, -0.2) is 13.1 Å². The van der Waals surface area contributed by atoms with Gasteiger partial charge < -0.3 is 10.1 Å². The van der Waals surface area contributed by atoms with E-state index in [4.69, 9.17) is 4.74 Å². The number of aromatic amines is 1. The number of H-pyrrole nitrogens is 1. The van der Waals surface area contributed by atoms with Crippen LogP contribution in [0.15, 0.2) is 23.1 Å². The van der Waals surface area contributed by atoms with Crippen molar-refractivity contribution in [2.24, 2.45) is 0 Å². The van der Waals surface area contributed by atoms with Crippen molar-refractivity contribution in [3.8, 4) is 5.75 Å². The van der Waals surface area contributed by atoms with Gasteiger partial charge in [-0.1, -0.05) is 5.21 Å². The molecule has 1 aromatic carbocycles. The highest BCUT2D eigenvalue weighted by atomic mass is 32.2. The molecular weight excluding hydrogens is 300 g/mol. The van der Waals surface area contributed by atoms with Crippen molar-refractivity contribution in [3.63, 3.8) is 0 Å². The van der Waals surface area contributed by atoms with Gasteiger partial charge in [0.1, 0.15) is 5.75 Å². The summed E-state index contributed by atoms with van der Waals surface area (Å²) in [4.78, 5) is 11.2. The molecule has 0 saturated carbocycles. The molecule has 0 bridgehead atoms. The Bertz CT molecular complexity index is 773. The molecule has 1 amide bonds. The van der Waals surface area contributed by atoms with Crippen LogP contribution in [0.5, 0.6) is 5.75 Å². The fourth-order valence-corrected chi connectivity index (χ4v) is 2.74.